The normalized spacial score (nSPS) is 9.85. The number of hydrogen-bond acceptors (Lipinski definition) is 2. The number of aromatic hydroxyl groups is 1. The van der Waals surface area contributed by atoms with E-state index >= 15 is 0 Å². The third-order valence-corrected chi connectivity index (χ3v) is 2.04. The molecule has 0 unspecified atom stereocenters. The van der Waals surface area contributed by atoms with Gasteiger partial charge in [-0.05, 0) is 36.1 Å². The molecule has 3 N–H and O–H groups in total. The maximum atomic E-state index is 9.53. The molecule has 74 valence electrons. The monoisotopic (exact) mass is 200 g/mol. The van der Waals surface area contributed by atoms with Crippen molar-refractivity contribution in [3.05, 3.63) is 23.3 Å². The van der Waals surface area contributed by atoms with Crippen molar-refractivity contribution in [1.82, 2.24) is 0 Å². The lowest BCUT2D eigenvalue weighted by Crippen LogP contribution is -3.00. The lowest BCUT2D eigenvalue weighted by Gasteiger charge is -2.10. The molecule has 0 aromatic heterocycles. The molecule has 0 heterocycles. The Hall–Kier alpha value is -0.890. The molecule has 0 radical (unpaired) electrons. The standard InChI is InChI=1S/C10H15NO.ClH/c1-6(2)8-5-9(11)7(3)4-10(8)12;/h4-6,12H,11H2,1-3H3;1H/p-1. The van der Waals surface area contributed by atoms with E-state index in [9.17, 15) is 5.11 Å². The molecule has 0 atom stereocenters. The van der Waals surface area contributed by atoms with Crippen molar-refractivity contribution in [2.75, 3.05) is 5.73 Å². The van der Waals surface area contributed by atoms with E-state index in [2.05, 4.69) is 0 Å². The molecule has 0 aliphatic carbocycles. The Morgan fingerprint density at radius 2 is 1.85 bits per heavy atom. The predicted octanol–water partition coefficient (Wildman–Crippen LogP) is -0.590. The van der Waals surface area contributed by atoms with E-state index in [1.54, 1.807) is 6.07 Å². The van der Waals surface area contributed by atoms with Gasteiger partial charge < -0.3 is 23.2 Å². The highest BCUT2D eigenvalue weighted by Crippen LogP contribution is 2.29. The summed E-state index contributed by atoms with van der Waals surface area (Å²) >= 11 is 0. The fourth-order valence-electron chi connectivity index (χ4n) is 1.19. The Balaban J connectivity index is 0.00000144. The van der Waals surface area contributed by atoms with Crippen LogP contribution in [0.1, 0.15) is 30.9 Å². The third-order valence-electron chi connectivity index (χ3n) is 2.04. The van der Waals surface area contributed by atoms with E-state index in [0.717, 1.165) is 16.8 Å². The van der Waals surface area contributed by atoms with Crippen molar-refractivity contribution >= 4 is 5.69 Å². The van der Waals surface area contributed by atoms with Gasteiger partial charge in [0.2, 0.25) is 0 Å². The summed E-state index contributed by atoms with van der Waals surface area (Å²) in [6.07, 6.45) is 0. The summed E-state index contributed by atoms with van der Waals surface area (Å²) in [6, 6.07) is 3.56. The van der Waals surface area contributed by atoms with Crippen LogP contribution in [-0.4, -0.2) is 5.11 Å². The minimum absolute atomic E-state index is 0. The number of anilines is 1. The molecule has 1 aromatic rings. The zero-order valence-corrected chi connectivity index (χ0v) is 8.89. The number of nitrogen functional groups attached to an aromatic ring is 1. The number of phenolic OH excluding ortho intramolecular Hbond substituents is 1. The average Bonchev–Trinajstić information content (AvgIpc) is 1.96. The molecule has 0 saturated carbocycles. The second-order valence-electron chi connectivity index (χ2n) is 3.42. The van der Waals surface area contributed by atoms with Gasteiger partial charge in [0, 0.05) is 5.69 Å². The second-order valence-corrected chi connectivity index (χ2v) is 3.42. The largest absolute Gasteiger partial charge is 1.00 e. The Morgan fingerprint density at radius 1 is 1.31 bits per heavy atom. The molecule has 0 amide bonds. The molecule has 2 nitrogen and oxygen atoms in total. The molecule has 3 heteroatoms. The SMILES string of the molecule is Cc1cc(O)c(C(C)C)cc1N.[Cl-]. The summed E-state index contributed by atoms with van der Waals surface area (Å²) < 4.78 is 0. The number of aryl methyl sites for hydroxylation is 1. The molecular weight excluding hydrogens is 186 g/mol. The lowest BCUT2D eigenvalue weighted by atomic mass is 9.99. The van der Waals surface area contributed by atoms with Gasteiger partial charge in [-0.2, -0.15) is 0 Å². The highest BCUT2D eigenvalue weighted by molar-refractivity contribution is 5.54. The Morgan fingerprint density at radius 3 is 2.31 bits per heavy atom. The Labute approximate surface area is 85.2 Å². The van der Waals surface area contributed by atoms with E-state index in [-0.39, 0.29) is 12.4 Å². The van der Waals surface area contributed by atoms with Crippen molar-refractivity contribution < 1.29 is 17.5 Å². The molecule has 0 fully saturated rings. The van der Waals surface area contributed by atoms with Crippen LogP contribution in [0.2, 0.25) is 0 Å². The van der Waals surface area contributed by atoms with Crippen molar-refractivity contribution in [3.63, 3.8) is 0 Å². The van der Waals surface area contributed by atoms with Gasteiger partial charge in [-0.15, -0.1) is 0 Å². The van der Waals surface area contributed by atoms with Crippen LogP contribution in [0.25, 0.3) is 0 Å². The molecule has 0 spiro atoms. The molecule has 13 heavy (non-hydrogen) atoms. The summed E-state index contributed by atoms with van der Waals surface area (Å²) in [5, 5.41) is 9.53. The maximum absolute atomic E-state index is 9.53. The maximum Gasteiger partial charge on any atom is 0.119 e. The van der Waals surface area contributed by atoms with Gasteiger partial charge in [0.15, 0.2) is 0 Å². The van der Waals surface area contributed by atoms with Gasteiger partial charge in [-0.3, -0.25) is 0 Å². The first-order valence-electron chi connectivity index (χ1n) is 4.11. The summed E-state index contributed by atoms with van der Waals surface area (Å²) in [5.74, 6) is 0.657. The molecule has 1 rings (SSSR count). The van der Waals surface area contributed by atoms with Crippen LogP contribution < -0.4 is 18.1 Å². The van der Waals surface area contributed by atoms with Gasteiger partial charge in [0.1, 0.15) is 5.75 Å². The van der Waals surface area contributed by atoms with Crippen molar-refractivity contribution in [2.24, 2.45) is 0 Å². The molecular formula is C10H15ClNO-. The van der Waals surface area contributed by atoms with Crippen LogP contribution in [-0.2, 0) is 0 Å². The number of hydrogen-bond donors (Lipinski definition) is 2. The van der Waals surface area contributed by atoms with E-state index in [4.69, 9.17) is 5.73 Å². The third kappa shape index (κ3) is 2.52. The van der Waals surface area contributed by atoms with E-state index < -0.39 is 0 Å². The lowest BCUT2D eigenvalue weighted by molar-refractivity contribution is -0.00000380. The number of halogens is 1. The fourth-order valence-corrected chi connectivity index (χ4v) is 1.19. The zero-order valence-electron chi connectivity index (χ0n) is 8.13. The summed E-state index contributed by atoms with van der Waals surface area (Å²) in [7, 11) is 0. The van der Waals surface area contributed by atoms with Crippen LogP contribution in [0.5, 0.6) is 5.75 Å². The summed E-state index contributed by atoms with van der Waals surface area (Å²) in [6.45, 7) is 5.95. The van der Waals surface area contributed by atoms with E-state index in [1.165, 1.54) is 0 Å². The second kappa shape index (κ2) is 4.38. The quantitative estimate of drug-likeness (QED) is 0.470. The number of benzene rings is 1. The van der Waals surface area contributed by atoms with E-state index in [0.29, 0.717) is 11.7 Å². The van der Waals surface area contributed by atoms with Crippen LogP contribution in [0, 0.1) is 6.92 Å². The van der Waals surface area contributed by atoms with Gasteiger partial charge in [0.25, 0.3) is 0 Å². The summed E-state index contributed by atoms with van der Waals surface area (Å²) in [5.41, 5.74) is 8.31. The van der Waals surface area contributed by atoms with Crippen molar-refractivity contribution in [3.8, 4) is 5.75 Å². The number of phenols is 1. The van der Waals surface area contributed by atoms with Crippen LogP contribution >= 0.6 is 0 Å². The van der Waals surface area contributed by atoms with Gasteiger partial charge in [-0.25, -0.2) is 0 Å². The molecule has 0 aliphatic rings. The molecule has 1 aromatic carbocycles. The number of nitrogens with two attached hydrogens (primary N) is 1. The van der Waals surface area contributed by atoms with Gasteiger partial charge in [0.05, 0.1) is 0 Å². The number of rotatable bonds is 1. The topological polar surface area (TPSA) is 46.2 Å². The first kappa shape index (κ1) is 12.1. The molecule has 0 saturated heterocycles. The van der Waals surface area contributed by atoms with Crippen LogP contribution in [0.3, 0.4) is 0 Å². The van der Waals surface area contributed by atoms with E-state index in [1.807, 2.05) is 26.8 Å². The van der Waals surface area contributed by atoms with Crippen LogP contribution in [0.4, 0.5) is 5.69 Å². The first-order chi connectivity index (χ1) is 5.52. The highest BCUT2D eigenvalue weighted by atomic mass is 35.5. The molecule has 0 bridgehead atoms. The Kier molecular flexibility index (Phi) is 4.08. The van der Waals surface area contributed by atoms with Crippen LogP contribution in [0.15, 0.2) is 12.1 Å². The predicted molar refractivity (Wildman–Crippen MR) is 51.3 cm³/mol. The minimum Gasteiger partial charge on any atom is -1.00 e. The smallest absolute Gasteiger partial charge is 0.119 e. The minimum atomic E-state index is 0. The van der Waals surface area contributed by atoms with Gasteiger partial charge >= 0.3 is 0 Å². The summed E-state index contributed by atoms with van der Waals surface area (Å²) in [4.78, 5) is 0. The first-order valence-corrected chi connectivity index (χ1v) is 4.11. The average molecular weight is 201 g/mol. The zero-order chi connectivity index (χ0) is 9.30. The van der Waals surface area contributed by atoms with Gasteiger partial charge in [-0.1, -0.05) is 13.8 Å². The van der Waals surface area contributed by atoms with Crippen molar-refractivity contribution in [1.29, 1.82) is 0 Å². The van der Waals surface area contributed by atoms with Crippen molar-refractivity contribution in [2.45, 2.75) is 26.7 Å². The fraction of sp³-hybridized carbons (Fsp3) is 0.400. The molecule has 0 aliphatic heterocycles. The Bertz CT molecular complexity index is 297. The highest BCUT2D eigenvalue weighted by Gasteiger charge is 2.07.